The molecule has 0 aromatic carbocycles. The number of nitrogens with zero attached hydrogens (tertiary/aromatic N) is 2. The molecule has 15 heavy (non-hydrogen) atoms. The summed E-state index contributed by atoms with van der Waals surface area (Å²) >= 11 is 0. The monoisotopic (exact) mass is 214 g/mol. The highest BCUT2D eigenvalue weighted by atomic mass is 16.4. The van der Waals surface area contributed by atoms with Crippen molar-refractivity contribution < 1.29 is 14.7 Å². The number of carbonyl (C=O) groups is 2. The maximum atomic E-state index is 11.6. The molecule has 86 valence electrons. The minimum absolute atomic E-state index is 0.168. The van der Waals surface area contributed by atoms with Gasteiger partial charge in [-0.25, -0.2) is 9.59 Å². The summed E-state index contributed by atoms with van der Waals surface area (Å²) in [7, 11) is 1.54. The van der Waals surface area contributed by atoms with Crippen LogP contribution in [0.5, 0.6) is 0 Å². The third kappa shape index (κ3) is 2.61. The van der Waals surface area contributed by atoms with Crippen LogP contribution in [0.25, 0.3) is 0 Å². The summed E-state index contributed by atoms with van der Waals surface area (Å²) in [5.74, 6) is -0.927. The van der Waals surface area contributed by atoms with E-state index in [1.807, 2.05) is 0 Å². The van der Waals surface area contributed by atoms with E-state index < -0.39 is 12.0 Å². The van der Waals surface area contributed by atoms with Crippen molar-refractivity contribution in [1.82, 2.24) is 9.80 Å². The fraction of sp³-hybridized carbons (Fsp3) is 0.800. The Balaban J connectivity index is 2.48. The molecule has 0 radical (unpaired) electrons. The Bertz CT molecular complexity index is 255. The lowest BCUT2D eigenvalue weighted by Gasteiger charge is -2.15. The van der Waals surface area contributed by atoms with Gasteiger partial charge in [-0.15, -0.1) is 0 Å². The van der Waals surface area contributed by atoms with Gasteiger partial charge < -0.3 is 14.9 Å². The summed E-state index contributed by atoms with van der Waals surface area (Å²) in [6.45, 7) is 3.08. The summed E-state index contributed by atoms with van der Waals surface area (Å²) in [6, 6.07) is -0.849. The van der Waals surface area contributed by atoms with Crippen LogP contribution in [-0.4, -0.2) is 53.1 Å². The number of amides is 2. The number of carbonyl (C=O) groups excluding carboxylic acids is 1. The smallest absolute Gasteiger partial charge is 0.328 e. The van der Waals surface area contributed by atoms with E-state index in [2.05, 4.69) is 6.92 Å². The number of likely N-dealkylation sites (N-methyl/N-ethyl adjacent to an activating group) is 1. The lowest BCUT2D eigenvalue weighted by molar-refractivity contribution is -0.140. The fourth-order valence-corrected chi connectivity index (χ4v) is 1.75. The molecule has 0 spiro atoms. The van der Waals surface area contributed by atoms with Crippen LogP contribution in [0.1, 0.15) is 26.2 Å². The van der Waals surface area contributed by atoms with Crippen LogP contribution in [0.4, 0.5) is 4.79 Å². The molecule has 1 atom stereocenters. The molecule has 0 aromatic rings. The molecule has 1 aliphatic rings. The second-order valence-corrected chi connectivity index (χ2v) is 3.90. The van der Waals surface area contributed by atoms with Gasteiger partial charge in [-0.1, -0.05) is 19.8 Å². The molecule has 1 rings (SSSR count). The molecule has 1 unspecified atom stereocenters. The summed E-state index contributed by atoms with van der Waals surface area (Å²) < 4.78 is 0. The van der Waals surface area contributed by atoms with Crippen LogP contribution in [0.15, 0.2) is 0 Å². The molecular weight excluding hydrogens is 196 g/mol. The molecule has 1 aliphatic heterocycles. The third-order valence-electron chi connectivity index (χ3n) is 2.75. The molecule has 5 heteroatoms. The van der Waals surface area contributed by atoms with Gasteiger partial charge in [-0.05, 0) is 6.42 Å². The molecule has 0 saturated carbocycles. The van der Waals surface area contributed by atoms with Crippen LogP contribution >= 0.6 is 0 Å². The topological polar surface area (TPSA) is 60.9 Å². The second kappa shape index (κ2) is 5.00. The predicted octanol–water partition coefficient (Wildman–Crippen LogP) is 0.997. The maximum Gasteiger partial charge on any atom is 0.328 e. The molecule has 1 N–H and O–H groups in total. The summed E-state index contributed by atoms with van der Waals surface area (Å²) in [5, 5.41) is 8.87. The van der Waals surface area contributed by atoms with Gasteiger partial charge in [0, 0.05) is 13.6 Å². The summed E-state index contributed by atoms with van der Waals surface area (Å²) in [5.41, 5.74) is 0. The zero-order chi connectivity index (χ0) is 11.4. The average molecular weight is 214 g/mol. The summed E-state index contributed by atoms with van der Waals surface area (Å²) in [4.78, 5) is 25.3. The largest absolute Gasteiger partial charge is 0.480 e. The number of rotatable bonds is 5. The quantitative estimate of drug-likeness (QED) is 0.694. The Morgan fingerprint density at radius 1 is 1.53 bits per heavy atom. The molecular formula is C10H18N2O3. The molecule has 5 nitrogen and oxygen atoms in total. The van der Waals surface area contributed by atoms with Crippen molar-refractivity contribution in [3.05, 3.63) is 0 Å². The van der Waals surface area contributed by atoms with Gasteiger partial charge in [0.2, 0.25) is 0 Å². The molecule has 0 bridgehead atoms. The number of aliphatic carboxylic acids is 1. The van der Waals surface area contributed by atoms with Gasteiger partial charge in [0.15, 0.2) is 0 Å². The lowest BCUT2D eigenvalue weighted by atomic mass is 10.2. The van der Waals surface area contributed by atoms with Gasteiger partial charge >= 0.3 is 12.0 Å². The van der Waals surface area contributed by atoms with Crippen molar-refractivity contribution in [2.75, 3.05) is 20.1 Å². The van der Waals surface area contributed by atoms with Crippen molar-refractivity contribution in [2.24, 2.45) is 0 Å². The number of hydrogen-bond acceptors (Lipinski definition) is 2. The Morgan fingerprint density at radius 3 is 2.67 bits per heavy atom. The van der Waals surface area contributed by atoms with Crippen LogP contribution in [0.2, 0.25) is 0 Å². The second-order valence-electron chi connectivity index (χ2n) is 3.90. The number of unbranched alkanes of at least 4 members (excludes halogenated alkanes) is 2. The molecule has 0 aliphatic carbocycles. The van der Waals surface area contributed by atoms with Crippen LogP contribution in [0.3, 0.4) is 0 Å². The van der Waals surface area contributed by atoms with Gasteiger partial charge in [-0.2, -0.15) is 0 Å². The van der Waals surface area contributed by atoms with Gasteiger partial charge in [-0.3, -0.25) is 0 Å². The molecule has 2 amide bonds. The molecule has 1 fully saturated rings. The van der Waals surface area contributed by atoms with E-state index in [4.69, 9.17) is 5.11 Å². The zero-order valence-electron chi connectivity index (χ0n) is 9.27. The van der Waals surface area contributed by atoms with Crippen LogP contribution in [0, 0.1) is 0 Å². The van der Waals surface area contributed by atoms with Gasteiger partial charge in [0.1, 0.15) is 6.04 Å². The minimum Gasteiger partial charge on any atom is -0.480 e. The van der Waals surface area contributed by atoms with Crippen molar-refractivity contribution in [2.45, 2.75) is 32.2 Å². The van der Waals surface area contributed by atoms with Crippen molar-refractivity contribution >= 4 is 12.0 Å². The first-order chi connectivity index (χ1) is 7.07. The average Bonchev–Trinajstić information content (AvgIpc) is 2.46. The van der Waals surface area contributed by atoms with Crippen LogP contribution < -0.4 is 0 Å². The Hall–Kier alpha value is -1.26. The van der Waals surface area contributed by atoms with Crippen molar-refractivity contribution in [3.63, 3.8) is 0 Å². The fourth-order valence-electron chi connectivity index (χ4n) is 1.75. The predicted molar refractivity (Wildman–Crippen MR) is 55.7 cm³/mol. The summed E-state index contributed by atoms with van der Waals surface area (Å²) in [6.07, 6.45) is 3.12. The first-order valence-corrected chi connectivity index (χ1v) is 5.32. The first kappa shape index (κ1) is 11.8. The molecule has 1 saturated heterocycles. The normalized spacial score (nSPS) is 21.2. The van der Waals surface area contributed by atoms with E-state index in [1.54, 1.807) is 11.9 Å². The number of hydrogen-bond donors (Lipinski definition) is 1. The first-order valence-electron chi connectivity index (χ1n) is 5.32. The number of urea groups is 1. The van der Waals surface area contributed by atoms with E-state index in [0.717, 1.165) is 19.3 Å². The highest BCUT2D eigenvalue weighted by Crippen LogP contribution is 2.14. The standard InChI is InChI=1S/C10H18N2O3/c1-3-4-5-6-12-7-8(9(13)14)11(2)10(12)15/h8H,3-7H2,1-2H3,(H,13,14). The molecule has 0 aromatic heterocycles. The third-order valence-corrected chi connectivity index (χ3v) is 2.75. The molecule has 1 heterocycles. The highest BCUT2D eigenvalue weighted by molar-refractivity contribution is 5.86. The Labute approximate surface area is 89.7 Å². The minimum atomic E-state index is -0.927. The van der Waals surface area contributed by atoms with E-state index in [0.29, 0.717) is 13.1 Å². The Morgan fingerprint density at radius 2 is 2.20 bits per heavy atom. The number of carboxylic acids is 1. The zero-order valence-corrected chi connectivity index (χ0v) is 9.27. The van der Waals surface area contributed by atoms with Crippen molar-refractivity contribution in [3.8, 4) is 0 Å². The van der Waals surface area contributed by atoms with Crippen LogP contribution in [-0.2, 0) is 4.79 Å². The maximum absolute atomic E-state index is 11.6. The van der Waals surface area contributed by atoms with E-state index in [-0.39, 0.29) is 6.03 Å². The van der Waals surface area contributed by atoms with Gasteiger partial charge in [0.25, 0.3) is 0 Å². The van der Waals surface area contributed by atoms with E-state index in [9.17, 15) is 9.59 Å². The Kier molecular flexibility index (Phi) is 3.94. The van der Waals surface area contributed by atoms with E-state index in [1.165, 1.54) is 4.90 Å². The highest BCUT2D eigenvalue weighted by Gasteiger charge is 2.38. The lowest BCUT2D eigenvalue weighted by Crippen LogP contribution is -2.36. The van der Waals surface area contributed by atoms with Crippen molar-refractivity contribution in [1.29, 1.82) is 0 Å². The van der Waals surface area contributed by atoms with Gasteiger partial charge in [0.05, 0.1) is 6.54 Å². The number of carboxylic acid groups (broad SMARTS) is 1. The van der Waals surface area contributed by atoms with E-state index >= 15 is 0 Å². The SMILES string of the molecule is CCCCCN1CC(C(=O)O)N(C)C1=O.